The molecule has 0 aliphatic rings. The van der Waals surface area contributed by atoms with E-state index in [0.29, 0.717) is 23.2 Å². The van der Waals surface area contributed by atoms with E-state index in [-0.39, 0.29) is 26.8 Å². The summed E-state index contributed by atoms with van der Waals surface area (Å²) in [6.07, 6.45) is 1.59. The Morgan fingerprint density at radius 3 is 2.39 bits per heavy atom. The van der Waals surface area contributed by atoms with E-state index in [1.165, 1.54) is 4.68 Å². The molecule has 0 bridgehead atoms. The first-order valence-electron chi connectivity index (χ1n) is 11.5. The van der Waals surface area contributed by atoms with Gasteiger partial charge in [0.2, 0.25) is 9.84 Å². The second kappa shape index (κ2) is 9.09. The lowest BCUT2D eigenvalue weighted by Gasteiger charge is -2.09. The summed E-state index contributed by atoms with van der Waals surface area (Å²) in [6, 6.07) is 19.9. The van der Waals surface area contributed by atoms with Gasteiger partial charge in [0.05, 0.1) is 28.8 Å². The molecule has 36 heavy (non-hydrogen) atoms. The van der Waals surface area contributed by atoms with Crippen LogP contribution < -0.4 is 10.5 Å². The lowest BCUT2D eigenvalue weighted by atomic mass is 10.2. The van der Waals surface area contributed by atoms with E-state index >= 15 is 0 Å². The van der Waals surface area contributed by atoms with Crippen molar-refractivity contribution in [3.05, 3.63) is 83.4 Å². The number of sulfone groups is 1. The van der Waals surface area contributed by atoms with Crippen molar-refractivity contribution in [3.8, 4) is 5.75 Å². The lowest BCUT2D eigenvalue weighted by Crippen LogP contribution is -2.08. The average molecular weight is 500 g/mol. The second-order valence-electron chi connectivity index (χ2n) is 8.43. The molecular formula is C27H25N5O3S. The number of rotatable bonds is 6. The first-order chi connectivity index (χ1) is 17.3. The molecule has 0 atom stereocenters. The largest absolute Gasteiger partial charge is 0.494 e. The van der Waals surface area contributed by atoms with Gasteiger partial charge in [-0.1, -0.05) is 24.3 Å². The fraction of sp³-hybridized carbons (Fsp3) is 0.148. The summed E-state index contributed by atoms with van der Waals surface area (Å²) in [5, 5.41) is 4.51. The molecule has 9 heteroatoms. The second-order valence-corrected chi connectivity index (χ2v) is 10.3. The Morgan fingerprint density at radius 2 is 1.69 bits per heavy atom. The number of para-hydroxylation sites is 2. The van der Waals surface area contributed by atoms with Gasteiger partial charge in [0.1, 0.15) is 22.0 Å². The van der Waals surface area contributed by atoms with Crippen molar-refractivity contribution in [3.63, 3.8) is 0 Å². The predicted molar refractivity (Wildman–Crippen MR) is 141 cm³/mol. The molecule has 0 spiro atoms. The van der Waals surface area contributed by atoms with Crippen LogP contribution in [0.5, 0.6) is 5.75 Å². The molecule has 2 aromatic heterocycles. The van der Waals surface area contributed by atoms with Crippen LogP contribution in [-0.4, -0.2) is 35.9 Å². The van der Waals surface area contributed by atoms with Crippen LogP contribution in [0.2, 0.25) is 0 Å². The molecule has 0 saturated heterocycles. The number of nitrogen functional groups attached to an aromatic ring is 1. The molecule has 2 N–H and O–H groups in total. The van der Waals surface area contributed by atoms with Gasteiger partial charge in [-0.2, -0.15) is 9.78 Å². The Hall–Kier alpha value is -4.24. The highest BCUT2D eigenvalue weighted by Gasteiger charge is 2.31. The number of anilines is 1. The monoisotopic (exact) mass is 499 g/mol. The van der Waals surface area contributed by atoms with E-state index in [1.807, 2.05) is 62.4 Å². The number of hydrogen-bond donors (Lipinski definition) is 1. The van der Waals surface area contributed by atoms with Crippen molar-refractivity contribution in [2.24, 2.45) is 5.10 Å². The van der Waals surface area contributed by atoms with Crippen molar-refractivity contribution >= 4 is 44.1 Å². The fourth-order valence-corrected chi connectivity index (χ4v) is 5.86. The van der Waals surface area contributed by atoms with E-state index in [2.05, 4.69) is 15.1 Å². The van der Waals surface area contributed by atoms with Gasteiger partial charge in [-0.15, -0.1) is 0 Å². The van der Waals surface area contributed by atoms with E-state index in [0.717, 1.165) is 16.9 Å². The summed E-state index contributed by atoms with van der Waals surface area (Å²) in [6.45, 7) is 6.10. The van der Waals surface area contributed by atoms with Gasteiger partial charge in [-0.05, 0) is 79.9 Å². The SMILES string of the molecule is CCOc1ccc(/C=N/n2c(N)c(S(=O)(=O)c3cc(C)ccc3C)c3nc4ccccc4nc32)cc1. The average Bonchev–Trinajstić information content (AvgIpc) is 3.14. The van der Waals surface area contributed by atoms with Crippen LogP contribution in [0, 0.1) is 13.8 Å². The van der Waals surface area contributed by atoms with E-state index in [1.54, 1.807) is 31.3 Å². The minimum Gasteiger partial charge on any atom is -0.494 e. The highest BCUT2D eigenvalue weighted by molar-refractivity contribution is 7.92. The van der Waals surface area contributed by atoms with Crippen molar-refractivity contribution in [2.45, 2.75) is 30.6 Å². The van der Waals surface area contributed by atoms with Gasteiger partial charge in [0.15, 0.2) is 5.65 Å². The zero-order valence-corrected chi connectivity index (χ0v) is 21.0. The van der Waals surface area contributed by atoms with Crippen LogP contribution in [0.1, 0.15) is 23.6 Å². The number of hydrogen-bond acceptors (Lipinski definition) is 7. The highest BCUT2D eigenvalue weighted by Crippen LogP contribution is 2.36. The minimum absolute atomic E-state index is 0.0524. The number of ether oxygens (including phenoxy) is 1. The van der Waals surface area contributed by atoms with Crippen molar-refractivity contribution in [2.75, 3.05) is 12.3 Å². The molecule has 0 fully saturated rings. The van der Waals surface area contributed by atoms with E-state index in [4.69, 9.17) is 10.5 Å². The summed E-state index contributed by atoms with van der Waals surface area (Å²) in [5.41, 5.74) is 10.3. The Balaban J connectivity index is 1.74. The Morgan fingerprint density at radius 1 is 1.00 bits per heavy atom. The van der Waals surface area contributed by atoms with Gasteiger partial charge in [-0.25, -0.2) is 18.4 Å². The van der Waals surface area contributed by atoms with Gasteiger partial charge in [-0.3, -0.25) is 0 Å². The maximum Gasteiger partial charge on any atom is 0.212 e. The Labute approximate surface area is 209 Å². The number of nitrogens with two attached hydrogens (primary N) is 1. The summed E-state index contributed by atoms with van der Waals surface area (Å²) in [5.74, 6) is 0.697. The third-order valence-electron chi connectivity index (χ3n) is 5.84. The predicted octanol–water partition coefficient (Wildman–Crippen LogP) is 4.90. The molecule has 8 nitrogen and oxygen atoms in total. The van der Waals surface area contributed by atoms with Gasteiger partial charge in [0.25, 0.3) is 0 Å². The van der Waals surface area contributed by atoms with Crippen molar-refractivity contribution in [1.29, 1.82) is 0 Å². The van der Waals surface area contributed by atoms with Crippen molar-refractivity contribution in [1.82, 2.24) is 14.6 Å². The smallest absolute Gasteiger partial charge is 0.212 e. The van der Waals surface area contributed by atoms with Gasteiger partial charge >= 0.3 is 0 Å². The number of benzene rings is 3. The summed E-state index contributed by atoms with van der Waals surface area (Å²) < 4.78 is 34.7. The maximum absolute atomic E-state index is 13.9. The third-order valence-corrected chi connectivity index (χ3v) is 7.80. The van der Waals surface area contributed by atoms with Crippen LogP contribution in [0.4, 0.5) is 5.82 Å². The number of fused-ring (bicyclic) bond motifs is 2. The zero-order valence-electron chi connectivity index (χ0n) is 20.1. The molecule has 0 aliphatic heterocycles. The van der Waals surface area contributed by atoms with Crippen LogP contribution >= 0.6 is 0 Å². The molecule has 0 unspecified atom stereocenters. The molecule has 2 heterocycles. The molecule has 182 valence electrons. The molecule has 5 aromatic rings. The first kappa shape index (κ1) is 23.5. The third kappa shape index (κ3) is 4.07. The molecule has 0 aliphatic carbocycles. The first-order valence-corrected chi connectivity index (χ1v) is 12.9. The van der Waals surface area contributed by atoms with Crippen LogP contribution in [0.25, 0.3) is 22.2 Å². The number of aromatic nitrogens is 3. The van der Waals surface area contributed by atoms with E-state index < -0.39 is 9.84 Å². The van der Waals surface area contributed by atoms with Crippen LogP contribution in [-0.2, 0) is 9.84 Å². The molecule has 0 amide bonds. The molecular weight excluding hydrogens is 474 g/mol. The molecule has 3 aromatic carbocycles. The molecule has 5 rings (SSSR count). The number of nitrogens with zero attached hydrogens (tertiary/aromatic N) is 4. The zero-order chi connectivity index (χ0) is 25.4. The molecule has 0 saturated carbocycles. The standard InChI is InChI=1S/C27H25N5O3S/c1-4-35-20-13-11-19(12-14-20)16-29-32-26(28)25(36(33,34)23-15-17(2)9-10-18(23)3)24-27(32)31-22-8-6-5-7-21(22)30-24/h5-16H,4,28H2,1-3H3/b29-16+. The Bertz CT molecular complexity index is 1740. The van der Waals surface area contributed by atoms with Gasteiger partial charge in [0, 0.05) is 0 Å². The van der Waals surface area contributed by atoms with Crippen molar-refractivity contribution < 1.29 is 13.2 Å². The lowest BCUT2D eigenvalue weighted by molar-refractivity contribution is 0.340. The maximum atomic E-state index is 13.9. The fourth-order valence-electron chi connectivity index (χ4n) is 4.05. The Kier molecular flexibility index (Phi) is 5.93. The quantitative estimate of drug-likeness (QED) is 0.333. The normalized spacial score (nSPS) is 12.1. The molecule has 0 radical (unpaired) electrons. The summed E-state index contributed by atoms with van der Waals surface area (Å²) in [4.78, 5) is 9.41. The van der Waals surface area contributed by atoms with E-state index in [9.17, 15) is 8.42 Å². The highest BCUT2D eigenvalue weighted by atomic mass is 32.2. The summed E-state index contributed by atoms with van der Waals surface area (Å²) >= 11 is 0. The topological polar surface area (TPSA) is 112 Å². The van der Waals surface area contributed by atoms with Crippen LogP contribution in [0.3, 0.4) is 0 Å². The van der Waals surface area contributed by atoms with Gasteiger partial charge < -0.3 is 10.5 Å². The van der Waals surface area contributed by atoms with Crippen LogP contribution in [0.15, 0.2) is 81.6 Å². The number of aryl methyl sites for hydroxylation is 2. The summed E-state index contributed by atoms with van der Waals surface area (Å²) in [7, 11) is -4.03. The minimum atomic E-state index is -4.03.